The van der Waals surface area contributed by atoms with Gasteiger partial charge < -0.3 is 13.6 Å². The lowest BCUT2D eigenvalue weighted by Gasteiger charge is -2.21. The third kappa shape index (κ3) is 3.85. The summed E-state index contributed by atoms with van der Waals surface area (Å²) in [6.07, 6.45) is 0. The van der Waals surface area contributed by atoms with Crippen molar-refractivity contribution < 1.29 is 4.42 Å². The Balaban J connectivity index is 1.16. The molecule has 3 aromatic heterocycles. The minimum Gasteiger partial charge on any atom is -0.455 e. The molecule has 254 valence electrons. The van der Waals surface area contributed by atoms with Crippen molar-refractivity contribution in [3.63, 3.8) is 0 Å². The third-order valence-electron chi connectivity index (χ3n) is 12.1. The first kappa shape index (κ1) is 29.7. The number of hydrogen-bond donors (Lipinski definition) is 0. The van der Waals surface area contributed by atoms with Gasteiger partial charge in [0.2, 0.25) is 0 Å². The Morgan fingerprint density at radius 2 is 1.04 bits per heavy atom. The molecule has 0 spiro atoms. The molecule has 0 atom stereocenters. The van der Waals surface area contributed by atoms with Crippen LogP contribution in [0.3, 0.4) is 0 Å². The summed E-state index contributed by atoms with van der Waals surface area (Å²) in [5.41, 5.74) is 16.7. The van der Waals surface area contributed by atoms with E-state index in [2.05, 4.69) is 187 Å². The fourth-order valence-corrected chi connectivity index (χ4v) is 9.66. The molecule has 3 nitrogen and oxygen atoms in total. The van der Waals surface area contributed by atoms with Crippen LogP contribution in [0.15, 0.2) is 174 Å². The number of fused-ring (bicyclic) bond motifs is 14. The van der Waals surface area contributed by atoms with Crippen LogP contribution in [0.2, 0.25) is 0 Å². The third-order valence-corrected chi connectivity index (χ3v) is 12.1. The van der Waals surface area contributed by atoms with Crippen LogP contribution in [0.1, 0.15) is 25.0 Å². The van der Waals surface area contributed by atoms with Gasteiger partial charge in [-0.3, -0.25) is 0 Å². The van der Waals surface area contributed by atoms with Gasteiger partial charge in [-0.05, 0) is 100 Å². The summed E-state index contributed by atoms with van der Waals surface area (Å²) in [6.45, 7) is 4.73. The van der Waals surface area contributed by atoms with Crippen molar-refractivity contribution >= 4 is 65.6 Å². The topological polar surface area (TPSA) is 23.0 Å². The molecule has 3 heteroatoms. The number of rotatable bonds is 3. The fourth-order valence-electron chi connectivity index (χ4n) is 9.66. The molecule has 11 aromatic rings. The number of benzene rings is 8. The second-order valence-corrected chi connectivity index (χ2v) is 15.3. The zero-order chi connectivity index (χ0) is 35.7. The molecular weight excluding hydrogens is 657 g/mol. The molecule has 0 saturated carbocycles. The number of aromatic nitrogens is 2. The second-order valence-electron chi connectivity index (χ2n) is 15.3. The molecule has 54 heavy (non-hydrogen) atoms. The maximum atomic E-state index is 6.63. The largest absolute Gasteiger partial charge is 0.455 e. The summed E-state index contributed by atoms with van der Waals surface area (Å²) in [7, 11) is 0. The van der Waals surface area contributed by atoms with Crippen LogP contribution >= 0.6 is 0 Å². The number of nitrogens with zero attached hydrogens (tertiary/aromatic N) is 2. The average Bonchev–Trinajstić information content (AvgIpc) is 3.93. The minimum atomic E-state index is -0.0833. The predicted molar refractivity (Wildman–Crippen MR) is 225 cm³/mol. The van der Waals surface area contributed by atoms with E-state index >= 15 is 0 Å². The van der Waals surface area contributed by atoms with Gasteiger partial charge in [0, 0.05) is 43.7 Å². The maximum absolute atomic E-state index is 6.63. The van der Waals surface area contributed by atoms with Gasteiger partial charge in [0.1, 0.15) is 11.2 Å². The molecular formula is C51H34N2O. The van der Waals surface area contributed by atoms with Gasteiger partial charge in [-0.15, -0.1) is 0 Å². The number of hydrogen-bond acceptors (Lipinski definition) is 1. The quantitative estimate of drug-likeness (QED) is 0.181. The molecule has 8 aromatic carbocycles. The maximum Gasteiger partial charge on any atom is 0.145 e. The molecule has 3 heterocycles. The molecule has 0 bridgehead atoms. The van der Waals surface area contributed by atoms with Crippen molar-refractivity contribution in [1.82, 2.24) is 9.13 Å². The van der Waals surface area contributed by atoms with Crippen molar-refractivity contribution in [3.05, 3.63) is 181 Å². The highest BCUT2D eigenvalue weighted by molar-refractivity contribution is 6.24. The predicted octanol–water partition coefficient (Wildman–Crippen LogP) is 13.8. The first-order valence-corrected chi connectivity index (χ1v) is 18.8. The Hall–Kier alpha value is -6.84. The number of furan rings is 1. The van der Waals surface area contributed by atoms with E-state index in [4.69, 9.17) is 4.42 Å². The van der Waals surface area contributed by atoms with E-state index in [1.165, 1.54) is 66.3 Å². The van der Waals surface area contributed by atoms with Crippen molar-refractivity contribution in [1.29, 1.82) is 0 Å². The fraction of sp³-hybridized carbons (Fsp3) is 0.0588. The summed E-state index contributed by atoms with van der Waals surface area (Å²) in [5, 5.41) is 7.20. The van der Waals surface area contributed by atoms with Crippen molar-refractivity contribution in [2.45, 2.75) is 19.3 Å². The Labute approximate surface area is 311 Å². The summed E-state index contributed by atoms with van der Waals surface area (Å²) in [5.74, 6) is 0. The molecule has 0 fully saturated rings. The molecule has 0 amide bonds. The van der Waals surface area contributed by atoms with E-state index in [0.29, 0.717) is 0 Å². The lowest BCUT2D eigenvalue weighted by Crippen LogP contribution is -2.14. The summed E-state index contributed by atoms with van der Waals surface area (Å²) < 4.78 is 11.5. The van der Waals surface area contributed by atoms with Gasteiger partial charge in [-0.1, -0.05) is 117 Å². The zero-order valence-corrected chi connectivity index (χ0v) is 30.0. The van der Waals surface area contributed by atoms with Crippen LogP contribution in [-0.2, 0) is 5.41 Å². The molecule has 0 N–H and O–H groups in total. The van der Waals surface area contributed by atoms with Crippen LogP contribution in [0.5, 0.6) is 0 Å². The highest BCUT2D eigenvalue weighted by Gasteiger charge is 2.37. The van der Waals surface area contributed by atoms with Crippen LogP contribution in [0.25, 0.3) is 99.2 Å². The Bertz CT molecular complexity index is 3340. The monoisotopic (exact) mass is 690 g/mol. The molecule has 12 rings (SSSR count). The summed E-state index contributed by atoms with van der Waals surface area (Å²) >= 11 is 0. The zero-order valence-electron chi connectivity index (χ0n) is 30.0. The van der Waals surface area contributed by atoms with Crippen LogP contribution < -0.4 is 0 Å². The summed E-state index contributed by atoms with van der Waals surface area (Å²) in [6, 6.07) is 62.0. The SMILES string of the molecule is CC1(C)c2ccccc2-c2c1ccc1c2c2cc(-c3ccc4c5c6oc7ccccc7c6ccc5n(-c5ccccc5)c4c3)ccc2n1-c1ccccc1. The second kappa shape index (κ2) is 10.6. The van der Waals surface area contributed by atoms with E-state index in [1.807, 2.05) is 6.07 Å². The lowest BCUT2D eigenvalue weighted by molar-refractivity contribution is 0.661. The highest BCUT2D eigenvalue weighted by Crippen LogP contribution is 2.53. The van der Waals surface area contributed by atoms with E-state index in [1.54, 1.807) is 0 Å². The van der Waals surface area contributed by atoms with Crippen LogP contribution in [-0.4, -0.2) is 9.13 Å². The Morgan fingerprint density at radius 1 is 0.426 bits per heavy atom. The van der Waals surface area contributed by atoms with Gasteiger partial charge in [0.25, 0.3) is 0 Å². The van der Waals surface area contributed by atoms with E-state index < -0.39 is 0 Å². The smallest absolute Gasteiger partial charge is 0.145 e. The normalized spacial score (nSPS) is 13.5. The van der Waals surface area contributed by atoms with Crippen LogP contribution in [0.4, 0.5) is 0 Å². The van der Waals surface area contributed by atoms with Gasteiger partial charge in [0.15, 0.2) is 0 Å². The molecule has 0 unspecified atom stereocenters. The number of para-hydroxylation sites is 3. The van der Waals surface area contributed by atoms with Gasteiger partial charge in [-0.25, -0.2) is 0 Å². The van der Waals surface area contributed by atoms with Gasteiger partial charge in [0.05, 0.1) is 27.5 Å². The standard InChI is InChI=1S/C51H34N2O/c1-51(2)40-19-11-9-18-37(40)47-41(51)25-28-43-48(47)39-29-31(22-26-42(39)52(43)33-13-5-3-6-14-33)32-21-23-38-45(30-32)53(34-15-7-4-8-16-34)44-27-24-36-35-17-10-12-20-46(35)54-50(36)49(38)44/h3-30H,1-2H3. The Kier molecular flexibility index (Phi) is 5.84. The first-order chi connectivity index (χ1) is 26.6. The minimum absolute atomic E-state index is 0.0833. The molecule has 0 saturated heterocycles. The molecule has 1 aliphatic rings. The van der Waals surface area contributed by atoms with Crippen molar-refractivity contribution in [2.75, 3.05) is 0 Å². The molecule has 0 aliphatic heterocycles. The Morgan fingerprint density at radius 3 is 1.85 bits per heavy atom. The molecule has 0 radical (unpaired) electrons. The van der Waals surface area contributed by atoms with E-state index in [9.17, 15) is 0 Å². The average molecular weight is 691 g/mol. The first-order valence-electron chi connectivity index (χ1n) is 18.8. The van der Waals surface area contributed by atoms with E-state index in [0.717, 1.165) is 44.0 Å². The van der Waals surface area contributed by atoms with Gasteiger partial charge >= 0.3 is 0 Å². The summed E-state index contributed by atoms with van der Waals surface area (Å²) in [4.78, 5) is 0. The van der Waals surface area contributed by atoms with Crippen LogP contribution in [0, 0.1) is 0 Å². The van der Waals surface area contributed by atoms with Crippen molar-refractivity contribution in [2.24, 2.45) is 0 Å². The lowest BCUT2D eigenvalue weighted by atomic mass is 9.82. The van der Waals surface area contributed by atoms with Gasteiger partial charge in [-0.2, -0.15) is 0 Å². The molecule has 1 aliphatic carbocycles. The van der Waals surface area contributed by atoms with E-state index in [-0.39, 0.29) is 5.41 Å². The highest BCUT2D eigenvalue weighted by atomic mass is 16.3. The van der Waals surface area contributed by atoms with Crippen molar-refractivity contribution in [3.8, 4) is 33.6 Å².